The highest BCUT2D eigenvalue weighted by atomic mass is 16.5. The number of ether oxygens (including phenoxy) is 2. The van der Waals surface area contributed by atoms with Crippen LogP contribution < -0.4 is 5.73 Å². The highest BCUT2D eigenvalue weighted by Crippen LogP contribution is 2.49. The number of anilines is 1. The van der Waals surface area contributed by atoms with E-state index in [9.17, 15) is 4.79 Å². The number of imidazole rings is 1. The number of fused-ring (bicyclic) bond motifs is 1. The zero-order valence-electron chi connectivity index (χ0n) is 18.7. The number of nitrogens with zero attached hydrogens (tertiary/aromatic N) is 4. The van der Waals surface area contributed by atoms with Crippen LogP contribution in [0, 0.1) is 17.8 Å². The molecule has 0 unspecified atom stereocenters. The minimum atomic E-state index is -0.241. The Morgan fingerprint density at radius 3 is 2.09 bits per heavy atom. The van der Waals surface area contributed by atoms with Gasteiger partial charge < -0.3 is 24.6 Å². The molecular formula is C26H27N5O3. The van der Waals surface area contributed by atoms with Gasteiger partial charge in [0.1, 0.15) is 18.1 Å². The van der Waals surface area contributed by atoms with Gasteiger partial charge in [0.15, 0.2) is 11.5 Å². The number of hydrogen-bond acceptors (Lipinski definition) is 7. The van der Waals surface area contributed by atoms with Crippen molar-refractivity contribution >= 4 is 23.3 Å². The van der Waals surface area contributed by atoms with E-state index in [0.29, 0.717) is 43.4 Å². The van der Waals surface area contributed by atoms with Gasteiger partial charge in [0.05, 0.1) is 38.8 Å². The molecule has 2 aromatic carbocycles. The molecule has 5 rings (SSSR count). The summed E-state index contributed by atoms with van der Waals surface area (Å²) in [7, 11) is 0. The van der Waals surface area contributed by atoms with Gasteiger partial charge in [-0.25, -0.2) is 15.0 Å². The summed E-state index contributed by atoms with van der Waals surface area (Å²) >= 11 is 0. The summed E-state index contributed by atoms with van der Waals surface area (Å²) in [5, 5.41) is 0. The van der Waals surface area contributed by atoms with Crippen LogP contribution in [0.3, 0.4) is 0 Å². The molecule has 0 saturated heterocycles. The van der Waals surface area contributed by atoms with Crippen LogP contribution in [0.15, 0.2) is 73.3 Å². The van der Waals surface area contributed by atoms with Crippen LogP contribution >= 0.6 is 0 Å². The van der Waals surface area contributed by atoms with Crippen molar-refractivity contribution in [3.8, 4) is 0 Å². The maximum absolute atomic E-state index is 12.2. The second-order valence-electron chi connectivity index (χ2n) is 8.62. The Labute approximate surface area is 197 Å². The lowest BCUT2D eigenvalue weighted by atomic mass is 9.61. The minimum absolute atomic E-state index is 0.0265. The Balaban J connectivity index is 1.34. The third-order valence-electron chi connectivity index (χ3n) is 6.59. The Bertz CT molecular complexity index is 1230. The number of nitrogens with two attached hydrogens (primary N) is 1. The van der Waals surface area contributed by atoms with E-state index >= 15 is 0 Å². The number of rotatable bonds is 10. The van der Waals surface area contributed by atoms with Crippen molar-refractivity contribution in [3.05, 3.63) is 84.4 Å². The molecule has 0 amide bonds. The van der Waals surface area contributed by atoms with Crippen LogP contribution in [0.5, 0.6) is 0 Å². The summed E-state index contributed by atoms with van der Waals surface area (Å²) in [6.45, 7) is 1.97. The van der Waals surface area contributed by atoms with Gasteiger partial charge in [-0.1, -0.05) is 60.7 Å². The summed E-state index contributed by atoms with van der Waals surface area (Å²) in [6, 6.07) is 19.9. The average molecular weight is 458 g/mol. The summed E-state index contributed by atoms with van der Waals surface area (Å²) < 4.78 is 14.1. The van der Waals surface area contributed by atoms with Gasteiger partial charge in [-0.05, 0) is 11.1 Å². The smallest absolute Gasteiger partial charge is 0.165 e. The van der Waals surface area contributed by atoms with Gasteiger partial charge in [-0.2, -0.15) is 0 Å². The Kier molecular flexibility index (Phi) is 6.60. The number of nitrogen functional groups attached to an aromatic ring is 1. The molecule has 0 bridgehead atoms. The highest BCUT2D eigenvalue weighted by Gasteiger charge is 2.52. The molecule has 8 heteroatoms. The van der Waals surface area contributed by atoms with Crippen LogP contribution in [0.2, 0.25) is 0 Å². The lowest BCUT2D eigenvalue weighted by Crippen LogP contribution is -2.52. The van der Waals surface area contributed by atoms with Crippen LogP contribution in [-0.2, 0) is 27.5 Å². The fraction of sp³-hybridized carbons (Fsp3) is 0.308. The topological polar surface area (TPSA) is 105 Å². The Hall–Kier alpha value is -3.62. The van der Waals surface area contributed by atoms with Crippen molar-refractivity contribution in [2.45, 2.75) is 19.3 Å². The molecule has 1 saturated carbocycles. The first-order valence-corrected chi connectivity index (χ1v) is 11.4. The molecule has 1 fully saturated rings. The molecule has 0 spiro atoms. The number of carbonyl (C=O) groups excluding carboxylic acids is 1. The van der Waals surface area contributed by atoms with E-state index in [2.05, 4.69) is 15.0 Å². The summed E-state index contributed by atoms with van der Waals surface area (Å²) in [5.41, 5.74) is 9.36. The number of benzene rings is 2. The van der Waals surface area contributed by atoms with Gasteiger partial charge in [-0.3, -0.25) is 0 Å². The number of hydrogen-bond donors (Lipinski definition) is 1. The molecule has 8 nitrogen and oxygen atoms in total. The molecular weight excluding hydrogens is 430 g/mol. The van der Waals surface area contributed by atoms with Crippen LogP contribution in [-0.4, -0.2) is 39.0 Å². The number of aromatic nitrogens is 4. The standard InChI is InChI=1S/C26H27N5O3/c27-25-23-26(29-16-28-25)31(17-30-23)24-20(11-32)21(14-33-12-18-7-3-1-4-8-18)22(24)15-34-13-19-9-5-2-6-10-19/h1-11,16-17,20-22,24H,12-15H2,(H2,27,28,29)/t20-,21-,22+,24+/m0/s1. The van der Waals surface area contributed by atoms with Crippen molar-refractivity contribution in [3.63, 3.8) is 0 Å². The van der Waals surface area contributed by atoms with Crippen LogP contribution in [0.1, 0.15) is 17.2 Å². The van der Waals surface area contributed by atoms with Gasteiger partial charge in [-0.15, -0.1) is 0 Å². The van der Waals surface area contributed by atoms with Crippen LogP contribution in [0.4, 0.5) is 5.82 Å². The highest BCUT2D eigenvalue weighted by molar-refractivity contribution is 5.81. The summed E-state index contributed by atoms with van der Waals surface area (Å²) in [5.74, 6) is 0.168. The van der Waals surface area contributed by atoms with E-state index in [1.807, 2.05) is 65.2 Å². The number of carbonyl (C=O) groups is 1. The minimum Gasteiger partial charge on any atom is -0.382 e. The van der Waals surface area contributed by atoms with Crippen molar-refractivity contribution in [1.29, 1.82) is 0 Å². The van der Waals surface area contributed by atoms with E-state index in [0.717, 1.165) is 17.4 Å². The van der Waals surface area contributed by atoms with Gasteiger partial charge in [0, 0.05) is 17.8 Å². The molecule has 34 heavy (non-hydrogen) atoms. The van der Waals surface area contributed by atoms with Crippen molar-refractivity contribution in [1.82, 2.24) is 19.5 Å². The van der Waals surface area contributed by atoms with Crippen molar-refractivity contribution in [2.75, 3.05) is 18.9 Å². The molecule has 4 atom stereocenters. The second-order valence-corrected chi connectivity index (χ2v) is 8.62. The zero-order valence-corrected chi connectivity index (χ0v) is 18.7. The maximum atomic E-state index is 12.2. The summed E-state index contributed by atoms with van der Waals surface area (Å²) in [6.07, 6.45) is 4.14. The first-order chi connectivity index (χ1) is 16.8. The second kappa shape index (κ2) is 10.1. The molecule has 0 aliphatic heterocycles. The van der Waals surface area contributed by atoms with Gasteiger partial charge >= 0.3 is 0 Å². The molecule has 174 valence electrons. The predicted molar refractivity (Wildman–Crippen MR) is 128 cm³/mol. The van der Waals surface area contributed by atoms with E-state index < -0.39 is 0 Å². The lowest BCUT2D eigenvalue weighted by molar-refractivity contribution is -0.136. The number of aldehydes is 1. The Morgan fingerprint density at radius 1 is 0.853 bits per heavy atom. The monoisotopic (exact) mass is 457 g/mol. The van der Waals surface area contributed by atoms with Crippen LogP contribution in [0.25, 0.3) is 11.2 Å². The van der Waals surface area contributed by atoms with E-state index in [1.54, 1.807) is 6.33 Å². The van der Waals surface area contributed by atoms with Crippen molar-refractivity contribution in [2.24, 2.45) is 17.8 Å². The normalized spacial score (nSPS) is 21.9. The Morgan fingerprint density at radius 2 is 1.47 bits per heavy atom. The third-order valence-corrected chi connectivity index (χ3v) is 6.59. The zero-order chi connectivity index (χ0) is 23.3. The van der Waals surface area contributed by atoms with E-state index in [1.165, 1.54) is 6.33 Å². The SMILES string of the molecule is Nc1ncnc2c1ncn2[C@@H]1[C@@H](C=O)[C@H](COCc2ccccc2)[C@H]1COCc1ccccc1. The summed E-state index contributed by atoms with van der Waals surface area (Å²) in [4.78, 5) is 25.0. The van der Waals surface area contributed by atoms with Crippen molar-refractivity contribution < 1.29 is 14.3 Å². The van der Waals surface area contributed by atoms with E-state index in [4.69, 9.17) is 15.2 Å². The fourth-order valence-corrected chi connectivity index (χ4v) is 4.82. The van der Waals surface area contributed by atoms with Gasteiger partial charge in [0.2, 0.25) is 0 Å². The molecule has 1 aliphatic rings. The lowest BCUT2D eigenvalue weighted by Gasteiger charge is -2.50. The molecule has 2 N–H and O–H groups in total. The first-order valence-electron chi connectivity index (χ1n) is 11.4. The molecule has 1 aliphatic carbocycles. The predicted octanol–water partition coefficient (Wildman–Crippen LogP) is 3.44. The first kappa shape index (κ1) is 22.2. The molecule has 2 heterocycles. The molecule has 0 radical (unpaired) electrons. The molecule has 4 aromatic rings. The average Bonchev–Trinajstić information content (AvgIpc) is 3.29. The van der Waals surface area contributed by atoms with E-state index in [-0.39, 0.29) is 23.8 Å². The van der Waals surface area contributed by atoms with Gasteiger partial charge in [0.25, 0.3) is 0 Å². The maximum Gasteiger partial charge on any atom is 0.165 e. The quantitative estimate of drug-likeness (QED) is 0.364. The molecule has 2 aromatic heterocycles. The fourth-order valence-electron chi connectivity index (χ4n) is 4.82. The largest absolute Gasteiger partial charge is 0.382 e. The third kappa shape index (κ3) is 4.42.